The highest BCUT2D eigenvalue weighted by Gasteiger charge is 2.28. The SMILES string of the molecule is CCOc1cc(/C=N\NC(=O)CN(c2cccc(Cl)c2C)S(=O)(=O)c2ccccc2)ccc1OCc1ccc(Cl)cc1. The number of nitrogens with zero attached hydrogens (tertiary/aromatic N) is 2. The van der Waals surface area contributed by atoms with Crippen LogP contribution in [0.25, 0.3) is 0 Å². The average Bonchev–Trinajstić information content (AvgIpc) is 2.98. The Labute approximate surface area is 255 Å². The van der Waals surface area contributed by atoms with Gasteiger partial charge < -0.3 is 9.47 Å². The van der Waals surface area contributed by atoms with Crippen LogP contribution in [0.2, 0.25) is 10.0 Å². The first-order chi connectivity index (χ1) is 20.2. The van der Waals surface area contributed by atoms with Crippen LogP contribution in [-0.2, 0) is 21.4 Å². The lowest BCUT2D eigenvalue weighted by Crippen LogP contribution is -2.40. The van der Waals surface area contributed by atoms with Crippen molar-refractivity contribution in [1.82, 2.24) is 5.43 Å². The molecule has 4 aromatic carbocycles. The van der Waals surface area contributed by atoms with E-state index in [0.717, 1.165) is 9.87 Å². The molecule has 0 aliphatic rings. The fraction of sp³-hybridized carbons (Fsp3) is 0.161. The van der Waals surface area contributed by atoms with Gasteiger partial charge in [-0.25, -0.2) is 13.8 Å². The molecule has 0 aromatic heterocycles. The van der Waals surface area contributed by atoms with Gasteiger partial charge in [-0.05, 0) is 85.1 Å². The minimum atomic E-state index is -4.09. The number of amides is 1. The monoisotopic (exact) mass is 625 g/mol. The molecule has 0 spiro atoms. The van der Waals surface area contributed by atoms with Crippen LogP contribution < -0.4 is 19.2 Å². The van der Waals surface area contributed by atoms with Gasteiger partial charge in [0.05, 0.1) is 23.4 Å². The highest BCUT2D eigenvalue weighted by molar-refractivity contribution is 7.92. The van der Waals surface area contributed by atoms with Gasteiger partial charge in [0.1, 0.15) is 13.2 Å². The van der Waals surface area contributed by atoms with E-state index in [2.05, 4.69) is 10.5 Å². The standard InChI is InChI=1S/C31H29Cl2N3O5S/c1-3-40-30-18-24(14-17-29(30)41-21-23-12-15-25(32)16-13-23)19-34-35-31(37)20-36(28-11-7-10-27(33)22(28)2)42(38,39)26-8-5-4-6-9-26/h4-19H,3,20-21H2,1-2H3,(H,35,37)/b34-19-. The number of rotatable bonds is 12. The first kappa shape index (κ1) is 30.9. The molecular formula is C31H29Cl2N3O5S. The summed E-state index contributed by atoms with van der Waals surface area (Å²) in [5.74, 6) is 0.419. The van der Waals surface area contributed by atoms with Gasteiger partial charge in [-0.1, -0.05) is 59.6 Å². The predicted molar refractivity (Wildman–Crippen MR) is 166 cm³/mol. The van der Waals surface area contributed by atoms with Crippen LogP contribution in [0, 0.1) is 6.92 Å². The van der Waals surface area contributed by atoms with Gasteiger partial charge in [0.25, 0.3) is 15.9 Å². The second-order valence-corrected chi connectivity index (χ2v) is 11.8. The van der Waals surface area contributed by atoms with Crippen molar-refractivity contribution in [2.24, 2.45) is 5.10 Å². The lowest BCUT2D eigenvalue weighted by molar-refractivity contribution is -0.119. The third kappa shape index (κ3) is 7.82. The molecule has 0 saturated heterocycles. The zero-order chi connectivity index (χ0) is 30.1. The second kappa shape index (κ2) is 14.2. The van der Waals surface area contributed by atoms with Gasteiger partial charge in [-0.15, -0.1) is 0 Å². The van der Waals surface area contributed by atoms with Crippen LogP contribution in [0.1, 0.15) is 23.6 Å². The number of hydrogen-bond acceptors (Lipinski definition) is 6. The number of hydrazone groups is 1. The third-order valence-electron chi connectivity index (χ3n) is 6.10. The molecule has 0 saturated carbocycles. The Morgan fingerprint density at radius 3 is 2.38 bits per heavy atom. The zero-order valence-corrected chi connectivity index (χ0v) is 25.3. The van der Waals surface area contributed by atoms with Crippen LogP contribution in [0.4, 0.5) is 5.69 Å². The molecule has 42 heavy (non-hydrogen) atoms. The molecule has 0 aliphatic carbocycles. The van der Waals surface area contributed by atoms with Crippen molar-refractivity contribution >= 4 is 51.0 Å². The van der Waals surface area contributed by atoms with Crippen molar-refractivity contribution in [3.63, 3.8) is 0 Å². The summed E-state index contributed by atoms with van der Waals surface area (Å²) in [5, 5.41) is 5.06. The van der Waals surface area contributed by atoms with Crippen molar-refractivity contribution < 1.29 is 22.7 Å². The van der Waals surface area contributed by atoms with Crippen LogP contribution in [-0.4, -0.2) is 33.7 Å². The minimum Gasteiger partial charge on any atom is -0.490 e. The van der Waals surface area contributed by atoms with Crippen LogP contribution in [0.3, 0.4) is 0 Å². The number of carbonyl (C=O) groups is 1. The zero-order valence-electron chi connectivity index (χ0n) is 23.0. The maximum absolute atomic E-state index is 13.5. The molecule has 0 atom stereocenters. The number of ether oxygens (including phenoxy) is 2. The van der Waals surface area contributed by atoms with E-state index in [1.54, 1.807) is 73.7 Å². The lowest BCUT2D eigenvalue weighted by Gasteiger charge is -2.25. The van der Waals surface area contributed by atoms with E-state index in [0.29, 0.717) is 51.6 Å². The van der Waals surface area contributed by atoms with Gasteiger partial charge in [-0.2, -0.15) is 5.10 Å². The second-order valence-electron chi connectivity index (χ2n) is 9.06. The molecule has 0 heterocycles. The average molecular weight is 627 g/mol. The summed E-state index contributed by atoms with van der Waals surface area (Å²) in [5.41, 5.74) is 4.82. The number of nitrogens with one attached hydrogen (secondary N) is 1. The lowest BCUT2D eigenvalue weighted by atomic mass is 10.2. The number of hydrogen-bond donors (Lipinski definition) is 1. The van der Waals surface area contributed by atoms with Crippen molar-refractivity contribution in [2.45, 2.75) is 25.3 Å². The molecule has 0 radical (unpaired) electrons. The summed E-state index contributed by atoms with van der Waals surface area (Å²) < 4.78 is 39.8. The first-order valence-corrected chi connectivity index (χ1v) is 15.2. The molecule has 0 bridgehead atoms. The number of halogens is 2. The van der Waals surface area contributed by atoms with E-state index in [1.165, 1.54) is 18.3 Å². The van der Waals surface area contributed by atoms with E-state index in [-0.39, 0.29) is 4.90 Å². The fourth-order valence-corrected chi connectivity index (χ4v) is 5.76. The smallest absolute Gasteiger partial charge is 0.264 e. The number of carbonyl (C=O) groups excluding carboxylic acids is 1. The Balaban J connectivity index is 1.48. The van der Waals surface area contributed by atoms with Crippen LogP contribution >= 0.6 is 23.2 Å². The summed E-state index contributed by atoms with van der Waals surface area (Å²) in [6, 6.07) is 25.4. The Kier molecular flexibility index (Phi) is 10.5. The van der Waals surface area contributed by atoms with E-state index >= 15 is 0 Å². The molecule has 0 aliphatic heterocycles. The minimum absolute atomic E-state index is 0.0440. The number of anilines is 1. The van der Waals surface area contributed by atoms with Gasteiger partial charge in [0.2, 0.25) is 0 Å². The fourth-order valence-electron chi connectivity index (χ4n) is 3.96. The van der Waals surface area contributed by atoms with Crippen LogP contribution in [0.15, 0.2) is 101 Å². The van der Waals surface area contributed by atoms with Crippen LogP contribution in [0.5, 0.6) is 11.5 Å². The summed E-state index contributed by atoms with van der Waals surface area (Å²) >= 11 is 12.2. The Morgan fingerprint density at radius 1 is 0.929 bits per heavy atom. The first-order valence-electron chi connectivity index (χ1n) is 13.0. The molecule has 11 heteroatoms. The maximum Gasteiger partial charge on any atom is 0.264 e. The van der Waals surface area contributed by atoms with E-state index < -0.39 is 22.5 Å². The summed E-state index contributed by atoms with van der Waals surface area (Å²) in [6.45, 7) is 3.79. The highest BCUT2D eigenvalue weighted by atomic mass is 35.5. The summed E-state index contributed by atoms with van der Waals surface area (Å²) in [6.07, 6.45) is 1.43. The van der Waals surface area contributed by atoms with Gasteiger partial charge >= 0.3 is 0 Å². The molecular weight excluding hydrogens is 597 g/mol. The Bertz CT molecular complexity index is 1660. The number of benzene rings is 4. The van der Waals surface area contributed by atoms with Gasteiger partial charge in [0.15, 0.2) is 11.5 Å². The van der Waals surface area contributed by atoms with Gasteiger partial charge in [-0.3, -0.25) is 9.10 Å². The molecule has 1 amide bonds. The van der Waals surface area contributed by atoms with E-state index in [4.69, 9.17) is 32.7 Å². The van der Waals surface area contributed by atoms with Crippen molar-refractivity contribution in [2.75, 3.05) is 17.5 Å². The Hall–Kier alpha value is -4.05. The molecule has 218 valence electrons. The van der Waals surface area contributed by atoms with E-state index in [9.17, 15) is 13.2 Å². The predicted octanol–water partition coefficient (Wildman–Crippen LogP) is 6.63. The maximum atomic E-state index is 13.5. The third-order valence-corrected chi connectivity index (χ3v) is 8.54. The van der Waals surface area contributed by atoms with Gasteiger partial charge in [0, 0.05) is 10.0 Å². The molecule has 4 rings (SSSR count). The normalized spacial score (nSPS) is 11.3. The molecule has 0 fully saturated rings. The summed E-state index contributed by atoms with van der Waals surface area (Å²) in [4.78, 5) is 13.0. The highest BCUT2D eigenvalue weighted by Crippen LogP contribution is 2.31. The Morgan fingerprint density at radius 2 is 1.67 bits per heavy atom. The molecule has 0 unspecified atom stereocenters. The molecule has 8 nitrogen and oxygen atoms in total. The topological polar surface area (TPSA) is 97.3 Å². The number of sulfonamides is 1. The van der Waals surface area contributed by atoms with Crippen molar-refractivity contribution in [3.8, 4) is 11.5 Å². The largest absolute Gasteiger partial charge is 0.490 e. The van der Waals surface area contributed by atoms with Crippen molar-refractivity contribution in [1.29, 1.82) is 0 Å². The quantitative estimate of drug-likeness (QED) is 0.141. The molecule has 4 aromatic rings. The van der Waals surface area contributed by atoms with E-state index in [1.807, 2.05) is 19.1 Å². The van der Waals surface area contributed by atoms with Crippen molar-refractivity contribution in [3.05, 3.63) is 118 Å². The summed E-state index contributed by atoms with van der Waals surface area (Å²) in [7, 11) is -4.09. The molecule has 1 N–H and O–H groups in total.